The Balaban J connectivity index is 2.11. The highest BCUT2D eigenvalue weighted by Gasteiger charge is 2.29. The predicted molar refractivity (Wildman–Crippen MR) is 73.5 cm³/mol. The molecule has 1 fully saturated rings. The van der Waals surface area contributed by atoms with Gasteiger partial charge >= 0.3 is 5.97 Å². The van der Waals surface area contributed by atoms with Gasteiger partial charge in [-0.2, -0.15) is 5.10 Å². The molecule has 0 radical (unpaired) electrons. The Morgan fingerprint density at radius 2 is 2.10 bits per heavy atom. The van der Waals surface area contributed by atoms with E-state index in [9.17, 15) is 9.59 Å². The molecule has 0 aromatic carbocycles. The average Bonchev–Trinajstić information content (AvgIpc) is 2.87. The highest BCUT2D eigenvalue weighted by molar-refractivity contribution is 5.94. The summed E-state index contributed by atoms with van der Waals surface area (Å²) in [5.41, 5.74) is 0.343. The van der Waals surface area contributed by atoms with Crippen LogP contribution in [-0.4, -0.2) is 44.8 Å². The molecule has 1 aliphatic heterocycles. The Labute approximate surface area is 118 Å². The van der Waals surface area contributed by atoms with Crippen molar-refractivity contribution in [2.75, 3.05) is 13.1 Å². The van der Waals surface area contributed by atoms with E-state index in [1.165, 1.54) is 0 Å². The number of aliphatic carboxylic acids is 1. The van der Waals surface area contributed by atoms with E-state index in [0.717, 1.165) is 6.42 Å². The number of nitrogens with zero attached hydrogens (tertiary/aromatic N) is 3. The highest BCUT2D eigenvalue weighted by Crippen LogP contribution is 2.20. The first kappa shape index (κ1) is 14.6. The predicted octanol–water partition coefficient (Wildman–Crippen LogP) is 1.57. The Morgan fingerprint density at radius 3 is 2.65 bits per heavy atom. The van der Waals surface area contributed by atoms with E-state index < -0.39 is 11.9 Å². The van der Waals surface area contributed by atoms with Crippen molar-refractivity contribution in [3.05, 3.63) is 18.0 Å². The minimum Gasteiger partial charge on any atom is -0.481 e. The summed E-state index contributed by atoms with van der Waals surface area (Å²) in [5.74, 6) is -1.41. The second-order valence-electron chi connectivity index (χ2n) is 6.27. The van der Waals surface area contributed by atoms with Gasteiger partial charge < -0.3 is 10.0 Å². The molecule has 1 atom stereocenters. The lowest BCUT2D eigenvalue weighted by Gasteiger charge is -2.30. The second kappa shape index (κ2) is 5.26. The zero-order valence-electron chi connectivity index (χ0n) is 12.2. The summed E-state index contributed by atoms with van der Waals surface area (Å²) in [4.78, 5) is 25.0. The molecule has 110 valence electrons. The summed E-state index contributed by atoms with van der Waals surface area (Å²) in [6.07, 6.45) is 4.65. The van der Waals surface area contributed by atoms with Crippen molar-refractivity contribution in [2.45, 2.75) is 39.2 Å². The molecule has 1 aromatic rings. The number of carbonyl (C=O) groups excluding carboxylic acids is 1. The van der Waals surface area contributed by atoms with Crippen molar-refractivity contribution >= 4 is 11.9 Å². The highest BCUT2D eigenvalue weighted by atomic mass is 16.4. The Morgan fingerprint density at radius 1 is 1.40 bits per heavy atom. The van der Waals surface area contributed by atoms with Gasteiger partial charge in [-0.25, -0.2) is 0 Å². The first-order valence-corrected chi connectivity index (χ1v) is 6.86. The number of rotatable bonds is 2. The molecule has 1 amide bonds. The van der Waals surface area contributed by atoms with E-state index in [1.807, 2.05) is 20.8 Å². The monoisotopic (exact) mass is 279 g/mol. The summed E-state index contributed by atoms with van der Waals surface area (Å²) in [7, 11) is 0. The van der Waals surface area contributed by atoms with Gasteiger partial charge in [-0.1, -0.05) is 0 Å². The van der Waals surface area contributed by atoms with Crippen LogP contribution in [0, 0.1) is 5.92 Å². The van der Waals surface area contributed by atoms with Gasteiger partial charge in [-0.3, -0.25) is 14.3 Å². The zero-order valence-corrected chi connectivity index (χ0v) is 12.2. The molecule has 0 saturated carbocycles. The molecule has 0 bridgehead atoms. The van der Waals surface area contributed by atoms with E-state index in [0.29, 0.717) is 18.5 Å². The summed E-state index contributed by atoms with van der Waals surface area (Å²) in [6, 6.07) is 0. The number of carbonyl (C=O) groups is 2. The largest absolute Gasteiger partial charge is 0.481 e. The lowest BCUT2D eigenvalue weighted by molar-refractivity contribution is -0.143. The molecule has 0 unspecified atom stereocenters. The molecular formula is C14H21N3O3. The lowest BCUT2D eigenvalue weighted by atomic mass is 9.98. The van der Waals surface area contributed by atoms with E-state index >= 15 is 0 Å². The van der Waals surface area contributed by atoms with Crippen LogP contribution in [0.25, 0.3) is 0 Å². The van der Waals surface area contributed by atoms with E-state index in [2.05, 4.69) is 5.10 Å². The number of likely N-dealkylation sites (tertiary alicyclic amines) is 1. The van der Waals surface area contributed by atoms with Crippen molar-refractivity contribution in [3.8, 4) is 0 Å². The quantitative estimate of drug-likeness (QED) is 0.891. The molecule has 0 spiro atoms. The van der Waals surface area contributed by atoms with Gasteiger partial charge in [-0.15, -0.1) is 0 Å². The normalized spacial score (nSPS) is 19.9. The molecule has 6 heteroatoms. The van der Waals surface area contributed by atoms with Crippen molar-refractivity contribution in [1.29, 1.82) is 0 Å². The van der Waals surface area contributed by atoms with Crippen LogP contribution in [-0.2, 0) is 10.3 Å². The molecule has 1 aliphatic rings. The third kappa shape index (κ3) is 3.00. The van der Waals surface area contributed by atoms with E-state index in [-0.39, 0.29) is 18.0 Å². The van der Waals surface area contributed by atoms with Gasteiger partial charge in [0.1, 0.15) is 0 Å². The van der Waals surface area contributed by atoms with Crippen LogP contribution >= 0.6 is 0 Å². The van der Waals surface area contributed by atoms with Crippen LogP contribution in [0.1, 0.15) is 44.0 Å². The SMILES string of the molecule is CC(C)(C)n1cc(C(=O)N2CCC[C@H](C(=O)O)C2)cn1. The summed E-state index contributed by atoms with van der Waals surface area (Å²) >= 11 is 0. The summed E-state index contributed by atoms with van der Waals surface area (Å²) in [6.45, 7) is 6.93. The smallest absolute Gasteiger partial charge is 0.308 e. The first-order chi connectivity index (χ1) is 9.29. The van der Waals surface area contributed by atoms with Gasteiger partial charge in [0, 0.05) is 19.3 Å². The van der Waals surface area contributed by atoms with Crippen LogP contribution in [0.3, 0.4) is 0 Å². The zero-order chi connectivity index (χ0) is 14.9. The molecular weight excluding hydrogens is 258 g/mol. The standard InChI is InChI=1S/C14H21N3O3/c1-14(2,3)17-9-11(7-15-17)12(18)16-6-4-5-10(8-16)13(19)20/h7,9-10H,4-6,8H2,1-3H3,(H,19,20)/t10-/m0/s1. The maximum atomic E-state index is 12.4. The third-order valence-electron chi connectivity index (χ3n) is 3.57. The van der Waals surface area contributed by atoms with Crippen LogP contribution in [0.4, 0.5) is 0 Å². The molecule has 1 aromatic heterocycles. The number of amides is 1. The molecule has 1 saturated heterocycles. The van der Waals surface area contributed by atoms with E-state index in [1.54, 1.807) is 22.0 Å². The third-order valence-corrected chi connectivity index (χ3v) is 3.57. The fourth-order valence-electron chi connectivity index (χ4n) is 2.35. The summed E-state index contributed by atoms with van der Waals surface area (Å²) < 4.78 is 1.75. The fraction of sp³-hybridized carbons (Fsp3) is 0.643. The number of hydrogen-bond donors (Lipinski definition) is 1. The van der Waals surface area contributed by atoms with Gasteiger partial charge in [0.05, 0.1) is 23.2 Å². The molecule has 6 nitrogen and oxygen atoms in total. The lowest BCUT2D eigenvalue weighted by Crippen LogP contribution is -2.42. The number of carboxylic acids is 1. The van der Waals surface area contributed by atoms with Crippen LogP contribution in [0.15, 0.2) is 12.4 Å². The molecule has 2 rings (SSSR count). The van der Waals surface area contributed by atoms with Crippen LogP contribution in [0.2, 0.25) is 0 Å². The molecule has 20 heavy (non-hydrogen) atoms. The van der Waals surface area contributed by atoms with Crippen molar-refractivity contribution in [3.63, 3.8) is 0 Å². The topological polar surface area (TPSA) is 75.4 Å². The van der Waals surface area contributed by atoms with Crippen LogP contribution in [0.5, 0.6) is 0 Å². The number of carboxylic acid groups (broad SMARTS) is 1. The fourth-order valence-corrected chi connectivity index (χ4v) is 2.35. The molecule has 1 N–H and O–H groups in total. The number of aromatic nitrogens is 2. The minimum absolute atomic E-state index is 0.133. The Bertz CT molecular complexity index is 516. The first-order valence-electron chi connectivity index (χ1n) is 6.86. The number of piperidine rings is 1. The van der Waals surface area contributed by atoms with Gasteiger partial charge in [-0.05, 0) is 33.6 Å². The van der Waals surface area contributed by atoms with Crippen LogP contribution < -0.4 is 0 Å². The maximum Gasteiger partial charge on any atom is 0.308 e. The Kier molecular flexibility index (Phi) is 3.83. The Hall–Kier alpha value is -1.85. The van der Waals surface area contributed by atoms with Crippen molar-refractivity contribution in [2.24, 2.45) is 5.92 Å². The maximum absolute atomic E-state index is 12.4. The van der Waals surface area contributed by atoms with Gasteiger partial charge in [0.15, 0.2) is 0 Å². The van der Waals surface area contributed by atoms with Gasteiger partial charge in [0.25, 0.3) is 5.91 Å². The van der Waals surface area contributed by atoms with Gasteiger partial charge in [0.2, 0.25) is 0 Å². The molecule has 0 aliphatic carbocycles. The second-order valence-corrected chi connectivity index (χ2v) is 6.27. The van der Waals surface area contributed by atoms with Crippen molar-refractivity contribution < 1.29 is 14.7 Å². The summed E-state index contributed by atoms with van der Waals surface area (Å²) in [5, 5.41) is 13.3. The molecule has 2 heterocycles. The average molecular weight is 279 g/mol. The van der Waals surface area contributed by atoms with E-state index in [4.69, 9.17) is 5.11 Å². The number of hydrogen-bond acceptors (Lipinski definition) is 3. The minimum atomic E-state index is -0.826. The van der Waals surface area contributed by atoms with Crippen molar-refractivity contribution in [1.82, 2.24) is 14.7 Å².